The molecule has 0 atom stereocenters. The van der Waals surface area contributed by atoms with Crippen molar-refractivity contribution in [1.29, 1.82) is 0 Å². The second-order valence-electron chi connectivity index (χ2n) is 4.86. The van der Waals surface area contributed by atoms with Crippen molar-refractivity contribution in [3.63, 3.8) is 0 Å². The molecular formula is C17H10ClNO4. The third-order valence-corrected chi connectivity index (χ3v) is 3.51. The number of benzene rings is 2. The van der Waals surface area contributed by atoms with Crippen molar-refractivity contribution in [1.82, 2.24) is 0 Å². The number of esters is 1. The van der Waals surface area contributed by atoms with Gasteiger partial charge in [-0.3, -0.25) is 10.1 Å². The van der Waals surface area contributed by atoms with E-state index in [9.17, 15) is 14.9 Å². The Balaban J connectivity index is 1.93. The highest BCUT2D eigenvalue weighted by molar-refractivity contribution is 6.30. The van der Waals surface area contributed by atoms with E-state index in [1.165, 1.54) is 12.1 Å². The van der Waals surface area contributed by atoms with Crippen molar-refractivity contribution in [3.8, 4) is 0 Å². The van der Waals surface area contributed by atoms with Gasteiger partial charge in [0.2, 0.25) is 0 Å². The van der Waals surface area contributed by atoms with Crippen molar-refractivity contribution in [2.24, 2.45) is 0 Å². The average molecular weight is 328 g/mol. The zero-order valence-corrected chi connectivity index (χ0v) is 12.5. The molecule has 5 nitrogen and oxygen atoms in total. The van der Waals surface area contributed by atoms with E-state index in [2.05, 4.69) is 0 Å². The molecule has 2 aromatic carbocycles. The number of rotatable bonds is 3. The molecule has 1 aliphatic rings. The SMILES string of the molecule is O=C1OC(c2ccc(Cl)cc2)=CC1=Cc1cccc([N+](=O)[O-])c1. The lowest BCUT2D eigenvalue weighted by molar-refractivity contribution is -0.384. The Hall–Kier alpha value is -2.92. The summed E-state index contributed by atoms with van der Waals surface area (Å²) in [4.78, 5) is 22.3. The zero-order valence-electron chi connectivity index (χ0n) is 11.7. The first-order valence-corrected chi connectivity index (χ1v) is 7.07. The van der Waals surface area contributed by atoms with Crippen LogP contribution in [0.4, 0.5) is 5.69 Å². The monoisotopic (exact) mass is 327 g/mol. The molecule has 6 heteroatoms. The standard InChI is InChI=1S/C17H10ClNO4/c18-14-6-4-12(5-7-14)16-10-13(17(20)23-16)8-11-2-1-3-15(9-11)19(21)22/h1-10H. The molecule has 0 aromatic heterocycles. The van der Waals surface area contributed by atoms with E-state index >= 15 is 0 Å². The molecule has 0 unspecified atom stereocenters. The summed E-state index contributed by atoms with van der Waals surface area (Å²) in [6, 6.07) is 12.9. The number of hydrogen-bond acceptors (Lipinski definition) is 4. The van der Waals surface area contributed by atoms with Crippen molar-refractivity contribution in [2.45, 2.75) is 0 Å². The van der Waals surface area contributed by atoms with Gasteiger partial charge in [0.1, 0.15) is 5.76 Å². The molecule has 0 spiro atoms. The van der Waals surface area contributed by atoms with Gasteiger partial charge in [0, 0.05) is 22.7 Å². The van der Waals surface area contributed by atoms with Crippen LogP contribution in [0.2, 0.25) is 5.02 Å². The van der Waals surface area contributed by atoms with Crippen molar-refractivity contribution in [2.75, 3.05) is 0 Å². The number of carbonyl (C=O) groups excluding carboxylic acids is 1. The molecule has 0 fully saturated rings. The molecule has 2 aromatic rings. The van der Waals surface area contributed by atoms with Crippen LogP contribution in [0, 0.1) is 10.1 Å². The van der Waals surface area contributed by atoms with E-state index in [1.807, 2.05) is 0 Å². The number of nitro benzene ring substituents is 1. The summed E-state index contributed by atoms with van der Waals surface area (Å²) in [5, 5.41) is 11.4. The third kappa shape index (κ3) is 3.30. The van der Waals surface area contributed by atoms with Gasteiger partial charge in [-0.15, -0.1) is 0 Å². The first kappa shape index (κ1) is 15.0. The number of nitro groups is 1. The minimum absolute atomic E-state index is 0.0346. The fourth-order valence-corrected chi connectivity index (χ4v) is 2.28. The Morgan fingerprint density at radius 3 is 2.57 bits per heavy atom. The maximum Gasteiger partial charge on any atom is 0.343 e. The number of halogens is 1. The van der Waals surface area contributed by atoms with E-state index < -0.39 is 10.9 Å². The van der Waals surface area contributed by atoms with Crippen molar-refractivity contribution in [3.05, 3.63) is 86.4 Å². The van der Waals surface area contributed by atoms with Gasteiger partial charge in [-0.25, -0.2) is 4.79 Å². The second-order valence-corrected chi connectivity index (χ2v) is 5.29. The summed E-state index contributed by atoms with van der Waals surface area (Å²) in [6.07, 6.45) is 3.16. The Morgan fingerprint density at radius 1 is 1.13 bits per heavy atom. The lowest BCUT2D eigenvalue weighted by atomic mass is 10.1. The second kappa shape index (κ2) is 6.06. The minimum Gasteiger partial charge on any atom is -0.422 e. The fourth-order valence-electron chi connectivity index (χ4n) is 2.15. The Labute approximate surface area is 136 Å². The molecule has 0 saturated heterocycles. The highest BCUT2D eigenvalue weighted by atomic mass is 35.5. The molecule has 1 aliphatic heterocycles. The lowest BCUT2D eigenvalue weighted by Crippen LogP contribution is -1.97. The maximum absolute atomic E-state index is 11.9. The van der Waals surface area contributed by atoms with Gasteiger partial charge >= 0.3 is 5.97 Å². The Kier molecular flexibility index (Phi) is 3.95. The van der Waals surface area contributed by atoms with Crippen LogP contribution in [0.5, 0.6) is 0 Å². The number of hydrogen-bond donors (Lipinski definition) is 0. The molecule has 0 aliphatic carbocycles. The number of ether oxygens (including phenoxy) is 1. The van der Waals surface area contributed by atoms with Crippen LogP contribution in [0.15, 0.2) is 60.2 Å². The molecule has 23 heavy (non-hydrogen) atoms. The summed E-state index contributed by atoms with van der Waals surface area (Å²) in [7, 11) is 0. The summed E-state index contributed by atoms with van der Waals surface area (Å²) >= 11 is 5.83. The minimum atomic E-state index is -0.499. The highest BCUT2D eigenvalue weighted by Gasteiger charge is 2.22. The first-order valence-electron chi connectivity index (χ1n) is 6.69. The highest BCUT2D eigenvalue weighted by Crippen LogP contribution is 2.28. The van der Waals surface area contributed by atoms with Crippen LogP contribution in [-0.4, -0.2) is 10.9 Å². The molecular weight excluding hydrogens is 318 g/mol. The molecule has 0 radical (unpaired) electrons. The molecule has 0 bridgehead atoms. The molecule has 0 saturated carbocycles. The van der Waals surface area contributed by atoms with Crippen LogP contribution in [0.1, 0.15) is 11.1 Å². The number of non-ortho nitro benzene ring substituents is 1. The van der Waals surface area contributed by atoms with Crippen LogP contribution in [-0.2, 0) is 9.53 Å². The summed E-state index contributed by atoms with van der Waals surface area (Å²) < 4.78 is 5.23. The zero-order chi connectivity index (χ0) is 16.4. The summed E-state index contributed by atoms with van der Waals surface area (Å²) in [5.41, 5.74) is 1.58. The van der Waals surface area contributed by atoms with Gasteiger partial charge in [-0.1, -0.05) is 23.7 Å². The smallest absolute Gasteiger partial charge is 0.343 e. The van der Waals surface area contributed by atoms with Crippen LogP contribution >= 0.6 is 11.6 Å². The maximum atomic E-state index is 11.9. The van der Waals surface area contributed by atoms with Crippen molar-refractivity contribution < 1.29 is 14.5 Å². The van der Waals surface area contributed by atoms with E-state index in [0.29, 0.717) is 21.9 Å². The van der Waals surface area contributed by atoms with E-state index in [0.717, 1.165) is 5.56 Å². The van der Waals surface area contributed by atoms with Crippen molar-refractivity contribution >= 4 is 35.1 Å². The van der Waals surface area contributed by atoms with E-state index in [1.54, 1.807) is 48.6 Å². The third-order valence-electron chi connectivity index (χ3n) is 3.26. The Bertz CT molecular complexity index is 853. The number of nitrogens with zero attached hydrogens (tertiary/aromatic N) is 1. The van der Waals surface area contributed by atoms with Gasteiger partial charge in [0.25, 0.3) is 5.69 Å². The van der Waals surface area contributed by atoms with Gasteiger partial charge in [-0.2, -0.15) is 0 Å². The largest absolute Gasteiger partial charge is 0.422 e. The summed E-state index contributed by atoms with van der Waals surface area (Å²) in [5.74, 6) is -0.0789. The molecule has 3 rings (SSSR count). The molecule has 0 amide bonds. The fraction of sp³-hybridized carbons (Fsp3) is 0. The predicted octanol–water partition coefficient (Wildman–Crippen LogP) is 4.23. The first-order chi connectivity index (χ1) is 11.0. The van der Waals surface area contributed by atoms with Gasteiger partial charge in [0.05, 0.1) is 10.5 Å². The molecule has 114 valence electrons. The predicted molar refractivity (Wildman–Crippen MR) is 86.6 cm³/mol. The van der Waals surface area contributed by atoms with Gasteiger partial charge < -0.3 is 4.74 Å². The normalized spacial score (nSPS) is 15.4. The quantitative estimate of drug-likeness (QED) is 0.366. The van der Waals surface area contributed by atoms with Gasteiger partial charge in [-0.05, 0) is 42.0 Å². The average Bonchev–Trinajstić information content (AvgIpc) is 2.89. The van der Waals surface area contributed by atoms with Crippen LogP contribution in [0.3, 0.4) is 0 Å². The van der Waals surface area contributed by atoms with E-state index in [-0.39, 0.29) is 5.69 Å². The number of cyclic esters (lactones) is 1. The molecule has 1 heterocycles. The Morgan fingerprint density at radius 2 is 1.87 bits per heavy atom. The summed E-state index contributed by atoms with van der Waals surface area (Å²) in [6.45, 7) is 0. The topological polar surface area (TPSA) is 69.4 Å². The van der Waals surface area contributed by atoms with E-state index in [4.69, 9.17) is 16.3 Å². The molecule has 0 N–H and O–H groups in total. The van der Waals surface area contributed by atoms with Gasteiger partial charge in [0.15, 0.2) is 0 Å². The van der Waals surface area contributed by atoms with Crippen LogP contribution in [0.25, 0.3) is 11.8 Å². The number of carbonyl (C=O) groups is 1. The lowest BCUT2D eigenvalue weighted by Gasteiger charge is -2.01. The van der Waals surface area contributed by atoms with Crippen LogP contribution < -0.4 is 0 Å².